The Morgan fingerprint density at radius 2 is 2.08 bits per heavy atom. The topological polar surface area (TPSA) is 119 Å². The van der Waals surface area contributed by atoms with Crippen molar-refractivity contribution >= 4 is 25.3 Å². The fourth-order valence-electron chi connectivity index (χ4n) is 2.24. The van der Waals surface area contributed by atoms with Crippen molar-refractivity contribution in [2.45, 2.75) is 45.3 Å². The highest BCUT2D eigenvalue weighted by molar-refractivity contribution is 7.59. The first-order valence-electron chi connectivity index (χ1n) is 8.10. The summed E-state index contributed by atoms with van der Waals surface area (Å²) in [7, 11) is 0. The molecule has 2 heterocycles. The number of nitrogen functional groups attached to an aromatic ring is 1. The molecule has 9 heteroatoms. The van der Waals surface area contributed by atoms with E-state index in [-0.39, 0.29) is 38.7 Å². The Morgan fingerprint density at radius 1 is 1.24 bits per heavy atom. The van der Waals surface area contributed by atoms with E-state index in [1.807, 2.05) is 0 Å². The summed E-state index contributed by atoms with van der Waals surface area (Å²) >= 11 is 0. The number of nitrogens with two attached hydrogens (primary N) is 1. The molecule has 1 atom stereocenters. The molecule has 25 heavy (non-hydrogen) atoms. The number of aromatic nitrogens is 4. The number of unbranched alkanes of at least 4 members (excludes halogenated alkanes) is 1. The smallest absolute Gasteiger partial charge is 0.222 e. The Kier molecular flexibility index (Phi) is 9.56. The van der Waals surface area contributed by atoms with Crippen LogP contribution in [0.25, 0.3) is 0 Å². The molecule has 0 unspecified atom stereocenters. The van der Waals surface area contributed by atoms with Gasteiger partial charge < -0.3 is 20.9 Å². The van der Waals surface area contributed by atoms with E-state index < -0.39 is 0 Å². The van der Waals surface area contributed by atoms with E-state index in [0.29, 0.717) is 23.7 Å². The minimum absolute atomic E-state index is 0. The molecule has 2 aromatic heterocycles. The Bertz CT molecular complexity index is 617. The molecule has 0 radical (unpaired) electrons. The average molecular weight is 366 g/mol. The van der Waals surface area contributed by atoms with Gasteiger partial charge in [-0.3, -0.25) is 9.97 Å². The van der Waals surface area contributed by atoms with Crippen LogP contribution >= 0.6 is 13.5 Å². The monoisotopic (exact) mass is 366 g/mol. The summed E-state index contributed by atoms with van der Waals surface area (Å²) in [6.07, 6.45) is 10.1. The maximum Gasteiger partial charge on any atom is 0.222 e. The highest BCUT2D eigenvalue weighted by atomic mass is 32.1. The fraction of sp³-hybridized carbons (Fsp3) is 0.500. The van der Waals surface area contributed by atoms with Gasteiger partial charge >= 0.3 is 0 Å². The van der Waals surface area contributed by atoms with Crippen LogP contribution < -0.4 is 15.8 Å². The number of nitrogens with one attached hydrogen (secondary N) is 1. The SMILES string of the molecule is CCCC[C@@H](CCO)Nc1nc(N)ncc1OCc1cnccn1.S. The zero-order valence-corrected chi connectivity index (χ0v) is 15.4. The third-order valence-electron chi connectivity index (χ3n) is 3.49. The van der Waals surface area contributed by atoms with Crippen molar-refractivity contribution in [2.24, 2.45) is 0 Å². The number of aliphatic hydroxyl groups excluding tert-OH is 1. The van der Waals surface area contributed by atoms with Gasteiger partial charge in [-0.1, -0.05) is 19.8 Å². The first kappa shape index (κ1) is 20.9. The fourth-order valence-corrected chi connectivity index (χ4v) is 2.24. The minimum atomic E-state index is 0. The van der Waals surface area contributed by atoms with E-state index in [4.69, 9.17) is 10.5 Å². The van der Waals surface area contributed by atoms with Gasteiger partial charge in [-0.2, -0.15) is 18.5 Å². The van der Waals surface area contributed by atoms with Gasteiger partial charge in [0.1, 0.15) is 6.61 Å². The zero-order valence-electron chi connectivity index (χ0n) is 14.4. The summed E-state index contributed by atoms with van der Waals surface area (Å²) in [5, 5.41) is 12.6. The van der Waals surface area contributed by atoms with E-state index >= 15 is 0 Å². The Labute approximate surface area is 154 Å². The maximum absolute atomic E-state index is 9.25. The number of anilines is 2. The molecule has 0 aliphatic heterocycles. The predicted molar refractivity (Wildman–Crippen MR) is 102 cm³/mol. The molecule has 0 fully saturated rings. The molecule has 0 aliphatic carbocycles. The van der Waals surface area contributed by atoms with Crippen molar-refractivity contribution in [1.82, 2.24) is 19.9 Å². The standard InChI is InChI=1S/C16H24N6O2.H2S/c1-2-3-4-12(5-8-23)21-15-14(10-20-16(17)22-15)24-11-13-9-18-6-7-19-13;/h6-7,9-10,12,23H,2-5,8,11H2,1H3,(H3,17,20,21,22);1H2/t12-;/m0./s1. The molecule has 0 saturated heterocycles. The van der Waals surface area contributed by atoms with Gasteiger partial charge in [0.05, 0.1) is 18.1 Å². The molecule has 4 N–H and O–H groups in total. The summed E-state index contributed by atoms with van der Waals surface area (Å²) in [5.41, 5.74) is 6.40. The second-order valence-corrected chi connectivity index (χ2v) is 5.42. The van der Waals surface area contributed by atoms with Crippen LogP contribution in [-0.4, -0.2) is 37.7 Å². The quantitative estimate of drug-likeness (QED) is 0.583. The first-order valence-corrected chi connectivity index (χ1v) is 8.10. The van der Waals surface area contributed by atoms with Crippen LogP contribution in [0.3, 0.4) is 0 Å². The number of rotatable bonds is 10. The highest BCUT2D eigenvalue weighted by Crippen LogP contribution is 2.24. The number of hydrogen-bond acceptors (Lipinski definition) is 8. The Balaban J connectivity index is 0.00000312. The minimum Gasteiger partial charge on any atom is -0.482 e. The van der Waals surface area contributed by atoms with Crippen LogP contribution in [0.15, 0.2) is 24.8 Å². The zero-order chi connectivity index (χ0) is 17.2. The van der Waals surface area contributed by atoms with Crippen LogP contribution in [-0.2, 0) is 6.61 Å². The molecular formula is C16H26N6O2S. The first-order chi connectivity index (χ1) is 11.7. The van der Waals surface area contributed by atoms with Crippen molar-refractivity contribution in [2.75, 3.05) is 17.7 Å². The van der Waals surface area contributed by atoms with Crippen molar-refractivity contribution in [3.05, 3.63) is 30.5 Å². The van der Waals surface area contributed by atoms with Crippen LogP contribution in [0.4, 0.5) is 11.8 Å². The molecular weight excluding hydrogens is 340 g/mol. The molecule has 0 aliphatic rings. The van der Waals surface area contributed by atoms with Crippen LogP contribution in [0, 0.1) is 0 Å². The van der Waals surface area contributed by atoms with Crippen molar-refractivity contribution in [3.63, 3.8) is 0 Å². The third kappa shape index (κ3) is 7.10. The van der Waals surface area contributed by atoms with Gasteiger partial charge in [0.25, 0.3) is 0 Å². The van der Waals surface area contributed by atoms with Gasteiger partial charge in [0, 0.05) is 25.0 Å². The molecule has 0 spiro atoms. The van der Waals surface area contributed by atoms with Gasteiger partial charge in [-0.25, -0.2) is 4.98 Å². The molecule has 2 rings (SSSR count). The maximum atomic E-state index is 9.25. The Hall–Kier alpha value is -2.13. The van der Waals surface area contributed by atoms with Crippen molar-refractivity contribution < 1.29 is 9.84 Å². The van der Waals surface area contributed by atoms with Crippen LogP contribution in [0.1, 0.15) is 38.3 Å². The van der Waals surface area contributed by atoms with Gasteiger partial charge in [-0.05, 0) is 12.8 Å². The van der Waals surface area contributed by atoms with Crippen LogP contribution in [0.2, 0.25) is 0 Å². The summed E-state index contributed by atoms with van der Waals surface area (Å²) < 4.78 is 5.75. The second-order valence-electron chi connectivity index (χ2n) is 5.42. The molecule has 0 bridgehead atoms. The van der Waals surface area contributed by atoms with E-state index in [1.54, 1.807) is 18.6 Å². The number of hydrogen-bond donors (Lipinski definition) is 3. The molecule has 0 aromatic carbocycles. The number of aliphatic hydroxyl groups is 1. The molecule has 2 aromatic rings. The summed E-state index contributed by atoms with van der Waals surface area (Å²) in [6, 6.07) is 0.100. The number of nitrogens with zero attached hydrogens (tertiary/aromatic N) is 4. The lowest BCUT2D eigenvalue weighted by Crippen LogP contribution is -2.22. The van der Waals surface area contributed by atoms with E-state index in [0.717, 1.165) is 19.3 Å². The number of ether oxygens (including phenoxy) is 1. The normalized spacial score (nSPS) is 11.4. The predicted octanol–water partition coefficient (Wildman–Crippen LogP) is 1.89. The largest absolute Gasteiger partial charge is 0.482 e. The lowest BCUT2D eigenvalue weighted by Gasteiger charge is -2.20. The summed E-state index contributed by atoms with van der Waals surface area (Å²) in [6.45, 7) is 2.50. The molecule has 0 amide bonds. The average Bonchev–Trinajstić information content (AvgIpc) is 2.60. The van der Waals surface area contributed by atoms with E-state index in [2.05, 4.69) is 32.2 Å². The van der Waals surface area contributed by atoms with Gasteiger partial charge in [0.15, 0.2) is 11.6 Å². The van der Waals surface area contributed by atoms with Crippen molar-refractivity contribution in [3.8, 4) is 5.75 Å². The third-order valence-corrected chi connectivity index (χ3v) is 3.49. The molecule has 0 saturated carbocycles. The summed E-state index contributed by atoms with van der Waals surface area (Å²) in [5.74, 6) is 1.19. The molecule has 138 valence electrons. The summed E-state index contributed by atoms with van der Waals surface area (Å²) in [4.78, 5) is 16.4. The van der Waals surface area contributed by atoms with Gasteiger partial charge in [0.2, 0.25) is 5.95 Å². The second kappa shape index (κ2) is 11.4. The van der Waals surface area contributed by atoms with Crippen molar-refractivity contribution in [1.29, 1.82) is 0 Å². The van der Waals surface area contributed by atoms with E-state index in [9.17, 15) is 5.11 Å². The van der Waals surface area contributed by atoms with E-state index in [1.165, 1.54) is 6.20 Å². The highest BCUT2D eigenvalue weighted by Gasteiger charge is 2.14. The lowest BCUT2D eigenvalue weighted by molar-refractivity contribution is 0.275. The van der Waals surface area contributed by atoms with Crippen LogP contribution in [0.5, 0.6) is 5.75 Å². The Morgan fingerprint density at radius 3 is 2.76 bits per heavy atom. The lowest BCUT2D eigenvalue weighted by atomic mass is 10.1. The molecule has 8 nitrogen and oxygen atoms in total. The van der Waals surface area contributed by atoms with Gasteiger partial charge in [-0.15, -0.1) is 0 Å².